The summed E-state index contributed by atoms with van der Waals surface area (Å²) in [4.78, 5) is 17.4. The van der Waals surface area contributed by atoms with Crippen molar-refractivity contribution in [1.29, 1.82) is 0 Å². The van der Waals surface area contributed by atoms with Crippen LogP contribution in [0.5, 0.6) is 5.75 Å². The molecule has 0 aliphatic rings. The number of ether oxygens (including phenoxy) is 1. The molecule has 0 fully saturated rings. The molecule has 170 valence electrons. The largest absolute Gasteiger partial charge is 0.492 e. The Morgan fingerprint density at radius 1 is 0.970 bits per heavy atom. The van der Waals surface area contributed by atoms with Crippen molar-refractivity contribution in [3.8, 4) is 5.75 Å². The maximum atomic E-state index is 12.7. The van der Waals surface area contributed by atoms with Crippen molar-refractivity contribution in [3.63, 3.8) is 0 Å². The Kier molecular flexibility index (Phi) is 6.50. The Bertz CT molecular complexity index is 1250. The zero-order valence-electron chi connectivity index (χ0n) is 19.8. The van der Waals surface area contributed by atoms with Crippen LogP contribution < -0.4 is 10.1 Å². The summed E-state index contributed by atoms with van der Waals surface area (Å²) >= 11 is 0. The molecular formula is C28H31N3O2. The zero-order valence-corrected chi connectivity index (χ0v) is 19.8. The number of amides is 1. The van der Waals surface area contributed by atoms with Gasteiger partial charge in [-0.1, -0.05) is 63.2 Å². The van der Waals surface area contributed by atoms with Crippen LogP contribution in [-0.4, -0.2) is 22.1 Å². The third kappa shape index (κ3) is 5.25. The highest BCUT2D eigenvalue weighted by Gasteiger charge is 2.15. The second kappa shape index (κ2) is 9.49. The maximum absolute atomic E-state index is 12.7. The number of aromatic nitrogens is 2. The van der Waals surface area contributed by atoms with Crippen LogP contribution in [-0.2, 0) is 18.5 Å². The van der Waals surface area contributed by atoms with Crippen molar-refractivity contribution < 1.29 is 9.53 Å². The van der Waals surface area contributed by atoms with Crippen LogP contribution in [0, 0.1) is 6.92 Å². The standard InChI is InChI=1S/C28H31N3O2/c1-20-9-5-6-10-23(20)27(32)29-19-26-30-24-11-7-8-12-25(24)31(26)17-18-33-22-15-13-21(14-16-22)28(2,3)4/h5-16H,17-19H2,1-4H3,(H,29,32). The number of carbonyl (C=O) groups is 1. The Morgan fingerprint density at radius 3 is 2.39 bits per heavy atom. The van der Waals surface area contributed by atoms with Gasteiger partial charge in [-0.25, -0.2) is 4.98 Å². The van der Waals surface area contributed by atoms with E-state index < -0.39 is 0 Å². The summed E-state index contributed by atoms with van der Waals surface area (Å²) in [5.74, 6) is 1.56. The highest BCUT2D eigenvalue weighted by molar-refractivity contribution is 5.95. The number of imidazole rings is 1. The minimum atomic E-state index is -0.0955. The van der Waals surface area contributed by atoms with Gasteiger partial charge in [0, 0.05) is 5.56 Å². The molecule has 0 saturated carbocycles. The summed E-state index contributed by atoms with van der Waals surface area (Å²) in [6, 6.07) is 23.9. The third-order valence-corrected chi connectivity index (χ3v) is 5.83. The molecule has 0 saturated heterocycles. The van der Waals surface area contributed by atoms with E-state index >= 15 is 0 Å². The fraction of sp³-hybridized carbons (Fsp3) is 0.286. The smallest absolute Gasteiger partial charge is 0.251 e. The van der Waals surface area contributed by atoms with Gasteiger partial charge in [-0.15, -0.1) is 0 Å². The molecule has 0 aliphatic heterocycles. The van der Waals surface area contributed by atoms with Crippen molar-refractivity contribution in [2.45, 2.75) is 46.2 Å². The van der Waals surface area contributed by atoms with Gasteiger partial charge in [0.2, 0.25) is 0 Å². The van der Waals surface area contributed by atoms with E-state index in [0.29, 0.717) is 25.3 Å². The van der Waals surface area contributed by atoms with Gasteiger partial charge in [0.25, 0.3) is 5.91 Å². The highest BCUT2D eigenvalue weighted by Crippen LogP contribution is 2.24. The lowest BCUT2D eigenvalue weighted by Crippen LogP contribution is -2.26. The minimum Gasteiger partial charge on any atom is -0.492 e. The molecule has 33 heavy (non-hydrogen) atoms. The van der Waals surface area contributed by atoms with E-state index in [1.807, 2.05) is 67.6 Å². The van der Waals surface area contributed by atoms with Gasteiger partial charge in [0.05, 0.1) is 24.1 Å². The molecule has 4 aromatic rings. The normalized spacial score (nSPS) is 11.5. The van der Waals surface area contributed by atoms with Crippen LogP contribution >= 0.6 is 0 Å². The summed E-state index contributed by atoms with van der Waals surface area (Å²) in [6.45, 7) is 10.0. The van der Waals surface area contributed by atoms with Crippen molar-refractivity contribution in [3.05, 3.63) is 95.3 Å². The number of rotatable bonds is 7. The maximum Gasteiger partial charge on any atom is 0.251 e. The second-order valence-electron chi connectivity index (χ2n) is 9.29. The van der Waals surface area contributed by atoms with Crippen LogP contribution in [0.3, 0.4) is 0 Å². The van der Waals surface area contributed by atoms with Crippen molar-refractivity contribution in [2.75, 3.05) is 6.61 Å². The lowest BCUT2D eigenvalue weighted by Gasteiger charge is -2.19. The minimum absolute atomic E-state index is 0.0955. The SMILES string of the molecule is Cc1ccccc1C(=O)NCc1nc2ccccc2n1CCOc1ccc(C(C)(C)C)cc1. The molecule has 5 heteroatoms. The molecule has 0 unspecified atom stereocenters. The third-order valence-electron chi connectivity index (χ3n) is 5.83. The first kappa shape index (κ1) is 22.6. The van der Waals surface area contributed by atoms with E-state index in [9.17, 15) is 4.79 Å². The molecule has 0 bridgehead atoms. The number of nitrogens with zero attached hydrogens (tertiary/aromatic N) is 2. The van der Waals surface area contributed by atoms with Gasteiger partial charge < -0.3 is 14.6 Å². The van der Waals surface area contributed by atoms with Crippen LogP contribution in [0.15, 0.2) is 72.8 Å². The van der Waals surface area contributed by atoms with E-state index in [-0.39, 0.29) is 11.3 Å². The number of carbonyl (C=O) groups excluding carboxylic acids is 1. The molecule has 1 N–H and O–H groups in total. The topological polar surface area (TPSA) is 56.2 Å². The van der Waals surface area contributed by atoms with Crippen LogP contribution in [0.1, 0.15) is 48.1 Å². The fourth-order valence-electron chi connectivity index (χ4n) is 3.90. The monoisotopic (exact) mass is 441 g/mol. The molecule has 4 rings (SSSR count). The molecular weight excluding hydrogens is 410 g/mol. The number of fused-ring (bicyclic) bond motifs is 1. The van der Waals surface area contributed by atoms with E-state index in [1.54, 1.807) is 0 Å². The average Bonchev–Trinajstić information content (AvgIpc) is 3.15. The Labute approximate surface area is 195 Å². The van der Waals surface area contributed by atoms with Gasteiger partial charge in [-0.05, 0) is 53.8 Å². The first-order valence-corrected chi connectivity index (χ1v) is 11.3. The number of hydrogen-bond acceptors (Lipinski definition) is 3. The summed E-state index contributed by atoms with van der Waals surface area (Å²) in [5, 5.41) is 3.02. The Balaban J connectivity index is 1.46. The average molecular weight is 442 g/mol. The van der Waals surface area contributed by atoms with Crippen LogP contribution in [0.25, 0.3) is 11.0 Å². The van der Waals surface area contributed by atoms with Gasteiger partial charge >= 0.3 is 0 Å². The zero-order chi connectivity index (χ0) is 23.4. The first-order chi connectivity index (χ1) is 15.8. The lowest BCUT2D eigenvalue weighted by molar-refractivity contribution is 0.0949. The van der Waals surface area contributed by atoms with Crippen molar-refractivity contribution in [2.24, 2.45) is 0 Å². The number of hydrogen-bond donors (Lipinski definition) is 1. The molecule has 3 aromatic carbocycles. The number of nitrogens with one attached hydrogen (secondary N) is 1. The molecule has 0 radical (unpaired) electrons. The number of benzene rings is 3. The van der Waals surface area contributed by atoms with E-state index in [0.717, 1.165) is 28.2 Å². The Hall–Kier alpha value is -3.60. The first-order valence-electron chi connectivity index (χ1n) is 11.3. The molecule has 5 nitrogen and oxygen atoms in total. The summed E-state index contributed by atoms with van der Waals surface area (Å²) < 4.78 is 8.15. The Morgan fingerprint density at radius 2 is 1.67 bits per heavy atom. The van der Waals surface area contributed by atoms with E-state index in [2.05, 4.69) is 42.8 Å². The van der Waals surface area contributed by atoms with Crippen molar-refractivity contribution >= 4 is 16.9 Å². The summed E-state index contributed by atoms with van der Waals surface area (Å²) in [6.07, 6.45) is 0. The number of para-hydroxylation sites is 2. The lowest BCUT2D eigenvalue weighted by atomic mass is 9.87. The molecule has 1 aromatic heterocycles. The van der Waals surface area contributed by atoms with Gasteiger partial charge in [-0.3, -0.25) is 4.79 Å². The number of aryl methyl sites for hydroxylation is 1. The molecule has 0 aliphatic carbocycles. The summed E-state index contributed by atoms with van der Waals surface area (Å²) in [5.41, 5.74) is 4.97. The van der Waals surface area contributed by atoms with Crippen molar-refractivity contribution in [1.82, 2.24) is 14.9 Å². The summed E-state index contributed by atoms with van der Waals surface area (Å²) in [7, 11) is 0. The predicted octanol–water partition coefficient (Wildman–Crippen LogP) is 5.65. The van der Waals surface area contributed by atoms with Gasteiger partial charge in [0.1, 0.15) is 18.2 Å². The van der Waals surface area contributed by atoms with Crippen LogP contribution in [0.2, 0.25) is 0 Å². The second-order valence-corrected chi connectivity index (χ2v) is 9.29. The van der Waals surface area contributed by atoms with E-state index in [1.165, 1.54) is 5.56 Å². The molecule has 1 heterocycles. The highest BCUT2D eigenvalue weighted by atomic mass is 16.5. The van der Waals surface area contributed by atoms with Gasteiger partial charge in [0.15, 0.2) is 0 Å². The van der Waals surface area contributed by atoms with E-state index in [4.69, 9.17) is 9.72 Å². The van der Waals surface area contributed by atoms with Gasteiger partial charge in [-0.2, -0.15) is 0 Å². The van der Waals surface area contributed by atoms with Crippen LogP contribution in [0.4, 0.5) is 0 Å². The molecule has 1 amide bonds. The fourth-order valence-corrected chi connectivity index (χ4v) is 3.90. The molecule has 0 atom stereocenters. The molecule has 0 spiro atoms. The quantitative estimate of drug-likeness (QED) is 0.403. The predicted molar refractivity (Wildman–Crippen MR) is 133 cm³/mol.